The minimum absolute atomic E-state index is 0.0330. The number of pyridine rings is 1. The summed E-state index contributed by atoms with van der Waals surface area (Å²) >= 11 is 0. The topological polar surface area (TPSA) is 79.7 Å². The van der Waals surface area contributed by atoms with Gasteiger partial charge in [-0.25, -0.2) is 8.78 Å². The second-order valence-corrected chi connectivity index (χ2v) is 9.22. The van der Waals surface area contributed by atoms with Crippen LogP contribution < -0.4 is 9.64 Å². The number of benzene rings is 2. The summed E-state index contributed by atoms with van der Waals surface area (Å²) in [6.45, 7) is 5.99. The molecule has 1 aliphatic heterocycles. The molecular weight excluding hydrogens is 454 g/mol. The van der Waals surface area contributed by atoms with Crippen molar-refractivity contribution in [2.24, 2.45) is 0 Å². The molecule has 180 valence electrons. The fraction of sp³-hybridized carbons (Fsp3) is 0.222. The summed E-state index contributed by atoms with van der Waals surface area (Å²) < 4.78 is 33.1. The van der Waals surface area contributed by atoms with Gasteiger partial charge < -0.3 is 9.84 Å². The van der Waals surface area contributed by atoms with E-state index in [0.717, 1.165) is 22.6 Å². The molecule has 0 aliphatic carbocycles. The van der Waals surface area contributed by atoms with E-state index in [1.165, 1.54) is 25.6 Å². The van der Waals surface area contributed by atoms with E-state index in [2.05, 4.69) is 4.98 Å². The number of carbonyl (C=O) groups is 2. The zero-order valence-electron chi connectivity index (χ0n) is 19.7. The van der Waals surface area contributed by atoms with Crippen molar-refractivity contribution in [2.75, 3.05) is 12.0 Å². The third kappa shape index (κ3) is 4.27. The number of aromatic nitrogens is 1. The van der Waals surface area contributed by atoms with Crippen molar-refractivity contribution < 1.29 is 28.2 Å². The van der Waals surface area contributed by atoms with E-state index in [1.54, 1.807) is 24.3 Å². The molecule has 8 heteroatoms. The number of ketones is 1. The van der Waals surface area contributed by atoms with E-state index >= 15 is 0 Å². The van der Waals surface area contributed by atoms with Gasteiger partial charge in [0.25, 0.3) is 11.7 Å². The molecule has 0 bridgehead atoms. The van der Waals surface area contributed by atoms with Gasteiger partial charge in [-0.05, 0) is 46.9 Å². The molecule has 1 fully saturated rings. The lowest BCUT2D eigenvalue weighted by molar-refractivity contribution is -0.132. The summed E-state index contributed by atoms with van der Waals surface area (Å²) in [6, 6.07) is 10.3. The first-order valence-corrected chi connectivity index (χ1v) is 10.9. The molecule has 3 aromatic rings. The summed E-state index contributed by atoms with van der Waals surface area (Å²) in [4.78, 5) is 31.6. The Balaban J connectivity index is 1.99. The summed E-state index contributed by atoms with van der Waals surface area (Å²) in [5.74, 6) is -4.35. The largest absolute Gasteiger partial charge is 0.507 e. The maximum absolute atomic E-state index is 14.1. The van der Waals surface area contributed by atoms with Crippen molar-refractivity contribution in [3.8, 4) is 5.75 Å². The Morgan fingerprint density at radius 3 is 2.40 bits per heavy atom. The minimum Gasteiger partial charge on any atom is -0.507 e. The van der Waals surface area contributed by atoms with Crippen LogP contribution in [0.3, 0.4) is 0 Å². The molecule has 2 heterocycles. The maximum Gasteiger partial charge on any atom is 0.300 e. The van der Waals surface area contributed by atoms with Crippen LogP contribution in [-0.4, -0.2) is 28.9 Å². The maximum atomic E-state index is 14.1. The molecule has 1 unspecified atom stereocenters. The van der Waals surface area contributed by atoms with Crippen molar-refractivity contribution >= 4 is 23.1 Å². The second-order valence-electron chi connectivity index (χ2n) is 9.22. The molecule has 35 heavy (non-hydrogen) atoms. The van der Waals surface area contributed by atoms with Gasteiger partial charge in [-0.1, -0.05) is 32.9 Å². The quantitative estimate of drug-likeness (QED) is 0.313. The zero-order valence-corrected chi connectivity index (χ0v) is 19.7. The predicted molar refractivity (Wildman–Crippen MR) is 127 cm³/mol. The Morgan fingerprint density at radius 1 is 1.06 bits per heavy atom. The first-order valence-electron chi connectivity index (χ1n) is 10.9. The third-order valence-corrected chi connectivity index (χ3v) is 5.95. The highest BCUT2D eigenvalue weighted by molar-refractivity contribution is 6.51. The lowest BCUT2D eigenvalue weighted by Gasteiger charge is -2.25. The van der Waals surface area contributed by atoms with E-state index in [1.807, 2.05) is 26.8 Å². The molecule has 1 atom stereocenters. The summed E-state index contributed by atoms with van der Waals surface area (Å²) in [5.41, 5.74) is 0.988. The fourth-order valence-electron chi connectivity index (χ4n) is 4.09. The van der Waals surface area contributed by atoms with Crippen molar-refractivity contribution in [2.45, 2.75) is 32.2 Å². The highest BCUT2D eigenvalue weighted by Crippen LogP contribution is 2.43. The van der Waals surface area contributed by atoms with Gasteiger partial charge in [-0.3, -0.25) is 19.5 Å². The Hall–Kier alpha value is -4.07. The van der Waals surface area contributed by atoms with E-state index < -0.39 is 35.1 Å². The van der Waals surface area contributed by atoms with Gasteiger partial charge in [-0.2, -0.15) is 0 Å². The molecule has 4 rings (SSSR count). The first-order chi connectivity index (χ1) is 16.5. The number of hydrogen-bond donors (Lipinski definition) is 1. The standard InChI is InChI=1S/C27H24F2N2O4/c1-27(2,3)16-7-10-21(35-4)18(12-16)24(32)22-23(15-6-5-11-30-14-15)31(26(34)25(22)33)17-8-9-19(28)20(29)13-17/h5-14,23,32H,1-4H3/b24-22+. The van der Waals surface area contributed by atoms with Crippen LogP contribution in [0.5, 0.6) is 5.75 Å². The molecule has 1 aliphatic rings. The molecule has 0 saturated carbocycles. The first kappa shape index (κ1) is 24.1. The molecule has 0 spiro atoms. The Labute approximate surface area is 201 Å². The number of ether oxygens (including phenoxy) is 1. The molecule has 1 N–H and O–H groups in total. The van der Waals surface area contributed by atoms with Gasteiger partial charge >= 0.3 is 0 Å². The molecular formula is C27H24F2N2O4. The molecule has 1 saturated heterocycles. The highest BCUT2D eigenvalue weighted by atomic mass is 19.2. The predicted octanol–water partition coefficient (Wildman–Crippen LogP) is 5.29. The minimum atomic E-state index is -1.17. The third-order valence-electron chi connectivity index (χ3n) is 5.95. The average Bonchev–Trinajstić information content (AvgIpc) is 3.10. The summed E-state index contributed by atoms with van der Waals surface area (Å²) in [5, 5.41) is 11.5. The van der Waals surface area contributed by atoms with Gasteiger partial charge in [-0.15, -0.1) is 0 Å². The number of anilines is 1. The highest BCUT2D eigenvalue weighted by Gasteiger charge is 2.47. The van der Waals surface area contributed by atoms with Crippen LogP contribution in [0.15, 0.2) is 66.5 Å². The SMILES string of the molecule is COc1ccc(C(C)(C)C)cc1/C(O)=C1\C(=O)C(=O)N(c2ccc(F)c(F)c2)C1c1cccnc1. The van der Waals surface area contributed by atoms with E-state index in [0.29, 0.717) is 11.3 Å². The van der Waals surface area contributed by atoms with Gasteiger partial charge in [0.2, 0.25) is 0 Å². The normalized spacial score (nSPS) is 17.7. The van der Waals surface area contributed by atoms with Gasteiger partial charge in [0.15, 0.2) is 11.6 Å². The van der Waals surface area contributed by atoms with Crippen molar-refractivity contribution in [1.82, 2.24) is 4.98 Å². The van der Waals surface area contributed by atoms with Crippen molar-refractivity contribution in [3.63, 3.8) is 0 Å². The Kier molecular flexibility index (Phi) is 6.15. The number of aliphatic hydroxyl groups excluding tert-OH is 1. The van der Waals surface area contributed by atoms with Crippen LogP contribution in [0.4, 0.5) is 14.5 Å². The number of aliphatic hydroxyl groups is 1. The summed E-state index contributed by atoms with van der Waals surface area (Å²) in [7, 11) is 1.43. The van der Waals surface area contributed by atoms with Gasteiger partial charge in [0.1, 0.15) is 11.5 Å². The number of amides is 1. The molecule has 2 aromatic carbocycles. The molecule has 0 radical (unpaired) electrons. The fourth-order valence-corrected chi connectivity index (χ4v) is 4.09. The lowest BCUT2D eigenvalue weighted by atomic mass is 9.85. The number of carbonyl (C=O) groups excluding carboxylic acids is 2. The monoisotopic (exact) mass is 478 g/mol. The van der Waals surface area contributed by atoms with Crippen LogP contribution in [0.25, 0.3) is 5.76 Å². The van der Waals surface area contributed by atoms with Crippen molar-refractivity contribution in [1.29, 1.82) is 0 Å². The van der Waals surface area contributed by atoms with E-state index in [-0.39, 0.29) is 22.2 Å². The number of hydrogen-bond acceptors (Lipinski definition) is 5. The lowest BCUT2D eigenvalue weighted by Crippen LogP contribution is -2.29. The molecule has 1 amide bonds. The summed E-state index contributed by atoms with van der Waals surface area (Å²) in [6.07, 6.45) is 2.96. The van der Waals surface area contributed by atoms with Gasteiger partial charge in [0.05, 0.1) is 24.3 Å². The van der Waals surface area contributed by atoms with Crippen LogP contribution in [0.1, 0.15) is 43.5 Å². The number of methoxy groups -OCH3 is 1. The Morgan fingerprint density at radius 2 is 1.80 bits per heavy atom. The molecule has 1 aromatic heterocycles. The smallest absolute Gasteiger partial charge is 0.300 e. The van der Waals surface area contributed by atoms with E-state index in [9.17, 15) is 23.5 Å². The van der Waals surface area contributed by atoms with Crippen molar-refractivity contribution in [3.05, 3.63) is 94.8 Å². The Bertz CT molecular complexity index is 1350. The van der Waals surface area contributed by atoms with E-state index in [4.69, 9.17) is 4.74 Å². The number of halogens is 2. The van der Waals surface area contributed by atoms with Crippen LogP contribution in [0, 0.1) is 11.6 Å². The average molecular weight is 478 g/mol. The number of Topliss-reactive ketones (excluding diaryl/α,β-unsaturated/α-hetero) is 1. The van der Waals surface area contributed by atoms with Crippen LogP contribution >= 0.6 is 0 Å². The zero-order chi connectivity index (χ0) is 25.5. The molecule has 6 nitrogen and oxygen atoms in total. The number of rotatable bonds is 4. The van der Waals surface area contributed by atoms with Crippen LogP contribution in [-0.2, 0) is 15.0 Å². The number of nitrogens with zero attached hydrogens (tertiary/aromatic N) is 2. The van der Waals surface area contributed by atoms with Crippen LogP contribution in [0.2, 0.25) is 0 Å². The second kappa shape index (κ2) is 8.94. The van der Waals surface area contributed by atoms with Gasteiger partial charge in [0, 0.05) is 24.1 Å².